The lowest BCUT2D eigenvalue weighted by atomic mass is 9.85. The van der Waals surface area contributed by atoms with E-state index in [4.69, 9.17) is 0 Å². The molecule has 1 heterocycles. The minimum Gasteiger partial charge on any atom is -0.136 e. The lowest BCUT2D eigenvalue weighted by molar-refractivity contribution is 1.51. The van der Waals surface area contributed by atoms with Gasteiger partial charge in [-0.3, -0.25) is 0 Å². The fraction of sp³-hybridized carbons (Fsp3) is 0.0204. The average molecular weight is 655 g/mol. The van der Waals surface area contributed by atoms with Crippen molar-refractivity contribution in [1.29, 1.82) is 0 Å². The van der Waals surface area contributed by atoms with E-state index in [0.717, 1.165) is 5.22 Å². The van der Waals surface area contributed by atoms with Crippen LogP contribution in [0.25, 0.3) is 88.8 Å². The molecule has 0 bridgehead atoms. The first-order valence-corrected chi connectivity index (χ1v) is 17.9. The minimum absolute atomic E-state index is 1.05. The van der Waals surface area contributed by atoms with Crippen LogP contribution in [0.3, 0.4) is 0 Å². The lowest BCUT2D eigenvalue weighted by Gasteiger charge is -2.18. The molecule has 0 saturated heterocycles. The van der Waals surface area contributed by atoms with E-state index >= 15 is 0 Å². The van der Waals surface area contributed by atoms with Crippen molar-refractivity contribution in [2.75, 3.05) is 0 Å². The maximum absolute atomic E-state index is 4.26. The highest BCUT2D eigenvalue weighted by Gasteiger charge is 2.18. The molecule has 0 unspecified atom stereocenters. The molecule has 0 radical (unpaired) electrons. The largest absolute Gasteiger partial charge is 0.136 e. The third-order valence-electron chi connectivity index (χ3n) is 10.0. The van der Waals surface area contributed by atoms with E-state index in [1.807, 2.05) is 17.4 Å². The zero-order valence-electron chi connectivity index (χ0n) is 27.9. The molecule has 0 saturated carbocycles. The van der Waals surface area contributed by atoms with Crippen molar-refractivity contribution in [3.8, 4) is 44.5 Å². The molecule has 0 atom stereocenters. The zero-order chi connectivity index (χ0) is 33.6. The van der Waals surface area contributed by atoms with Crippen LogP contribution in [0.4, 0.5) is 0 Å². The van der Waals surface area contributed by atoms with Crippen LogP contribution >= 0.6 is 11.3 Å². The Hall–Kier alpha value is -6.02. The molecule has 0 spiro atoms. The summed E-state index contributed by atoms with van der Waals surface area (Å²) in [4.78, 5) is 1.28. The Labute approximate surface area is 296 Å². The van der Waals surface area contributed by atoms with Gasteiger partial charge in [-0.05, 0) is 107 Å². The predicted octanol–water partition coefficient (Wildman–Crippen LogP) is 12.4. The first-order valence-electron chi connectivity index (χ1n) is 17.1. The van der Waals surface area contributed by atoms with Crippen LogP contribution < -0.4 is 10.4 Å². The van der Waals surface area contributed by atoms with Gasteiger partial charge >= 0.3 is 0 Å². The molecular weight excluding hydrogens is 621 g/mol. The number of thiophene rings is 1. The molecule has 0 aliphatic heterocycles. The first kappa shape index (κ1) is 30.1. The van der Waals surface area contributed by atoms with E-state index in [-0.39, 0.29) is 0 Å². The Bertz CT molecular complexity index is 2760. The normalized spacial score (nSPS) is 11.9. The second-order valence-corrected chi connectivity index (χ2v) is 14.1. The Morgan fingerprint density at radius 2 is 0.980 bits per heavy atom. The van der Waals surface area contributed by atoms with Crippen molar-refractivity contribution >= 4 is 55.6 Å². The smallest absolute Gasteiger partial charge is 0.0358 e. The van der Waals surface area contributed by atoms with Gasteiger partial charge in [0, 0.05) is 15.0 Å². The maximum Gasteiger partial charge on any atom is 0.0358 e. The van der Waals surface area contributed by atoms with Gasteiger partial charge in [0.15, 0.2) is 0 Å². The van der Waals surface area contributed by atoms with Gasteiger partial charge in [-0.25, -0.2) is 0 Å². The summed E-state index contributed by atoms with van der Waals surface area (Å²) >= 11 is 1.86. The van der Waals surface area contributed by atoms with Crippen LogP contribution in [0.2, 0.25) is 0 Å². The Morgan fingerprint density at radius 1 is 0.460 bits per heavy atom. The predicted molar refractivity (Wildman–Crippen MR) is 218 cm³/mol. The van der Waals surface area contributed by atoms with Crippen LogP contribution in [0.15, 0.2) is 170 Å². The van der Waals surface area contributed by atoms with Crippen LogP contribution in [0.5, 0.6) is 0 Å². The number of aryl methyl sites for hydroxylation is 1. The number of fused-ring (bicyclic) bond motifs is 3. The minimum atomic E-state index is 1.05. The summed E-state index contributed by atoms with van der Waals surface area (Å²) in [7, 11) is 0. The molecule has 0 aliphatic carbocycles. The van der Waals surface area contributed by atoms with Crippen molar-refractivity contribution in [1.82, 2.24) is 0 Å². The maximum atomic E-state index is 4.26. The molecule has 0 fully saturated rings. The fourth-order valence-corrected chi connectivity index (χ4v) is 8.76. The fourth-order valence-electron chi connectivity index (χ4n) is 7.57. The summed E-state index contributed by atoms with van der Waals surface area (Å²) in [5.74, 6) is 0. The molecule has 0 nitrogen and oxygen atoms in total. The topological polar surface area (TPSA) is 0 Å². The number of rotatable bonds is 5. The second-order valence-electron chi connectivity index (χ2n) is 13.0. The van der Waals surface area contributed by atoms with E-state index in [0.29, 0.717) is 0 Å². The van der Waals surface area contributed by atoms with E-state index < -0.39 is 0 Å². The van der Waals surface area contributed by atoms with Crippen molar-refractivity contribution in [3.63, 3.8) is 0 Å². The average Bonchev–Trinajstić information content (AvgIpc) is 3.49. The SMILES string of the molecule is C=c1cccc/c1=C/c1sc2cccc(-c3cccc(-c4c5ccccc5c(-c5ccc(-c6ccccc6)cc5)c5ccccc45)c3)c2c1C. The monoisotopic (exact) mass is 654 g/mol. The van der Waals surface area contributed by atoms with Gasteiger partial charge in [0.2, 0.25) is 0 Å². The van der Waals surface area contributed by atoms with Gasteiger partial charge in [0.25, 0.3) is 0 Å². The molecule has 50 heavy (non-hydrogen) atoms. The Morgan fingerprint density at radius 3 is 1.66 bits per heavy atom. The van der Waals surface area contributed by atoms with E-state index in [9.17, 15) is 0 Å². The number of hydrogen-bond donors (Lipinski definition) is 0. The van der Waals surface area contributed by atoms with Gasteiger partial charge in [-0.15, -0.1) is 11.3 Å². The summed E-state index contributed by atoms with van der Waals surface area (Å²) in [6, 6.07) is 61.7. The lowest BCUT2D eigenvalue weighted by Crippen LogP contribution is -2.21. The third-order valence-corrected chi connectivity index (χ3v) is 11.2. The second kappa shape index (κ2) is 12.5. The van der Waals surface area contributed by atoms with Crippen molar-refractivity contribution < 1.29 is 0 Å². The van der Waals surface area contributed by atoms with Crippen LogP contribution in [-0.4, -0.2) is 0 Å². The molecule has 1 aromatic heterocycles. The molecule has 0 aliphatic rings. The molecule has 0 N–H and O–H groups in total. The van der Waals surface area contributed by atoms with E-state index in [1.165, 1.54) is 91.8 Å². The zero-order valence-corrected chi connectivity index (χ0v) is 28.7. The molecule has 1 heteroatoms. The summed E-state index contributed by atoms with van der Waals surface area (Å²) in [6.45, 7) is 6.52. The van der Waals surface area contributed by atoms with Crippen molar-refractivity contribution in [2.45, 2.75) is 6.92 Å². The highest BCUT2D eigenvalue weighted by molar-refractivity contribution is 7.20. The van der Waals surface area contributed by atoms with E-state index in [2.05, 4.69) is 183 Å². The van der Waals surface area contributed by atoms with Gasteiger partial charge in [0.1, 0.15) is 0 Å². The van der Waals surface area contributed by atoms with Crippen LogP contribution in [0.1, 0.15) is 10.4 Å². The third kappa shape index (κ3) is 5.15. The molecule has 8 aromatic carbocycles. The first-order chi connectivity index (χ1) is 24.6. The number of hydrogen-bond acceptors (Lipinski definition) is 1. The molecule has 0 amide bonds. The molecule has 9 rings (SSSR count). The van der Waals surface area contributed by atoms with Crippen molar-refractivity contribution in [2.24, 2.45) is 0 Å². The van der Waals surface area contributed by atoms with Gasteiger partial charge in [-0.1, -0.05) is 164 Å². The Balaban J connectivity index is 1.22. The standard InChI is InChI=1S/C49H34S/c1-32-14-6-7-17-37(32)31-46-33(2)47-40(24-13-25-45(47)50-46)38-18-12-19-39(30-38)49-43-22-10-8-20-41(43)48(42-21-9-11-23-44(42)49)36-28-26-35(27-29-36)34-15-4-3-5-16-34/h3-31H,1H2,2H3/b37-31-. The van der Waals surface area contributed by atoms with E-state index in [1.54, 1.807) is 0 Å². The highest BCUT2D eigenvalue weighted by atomic mass is 32.1. The van der Waals surface area contributed by atoms with Gasteiger partial charge in [0.05, 0.1) is 0 Å². The summed E-state index contributed by atoms with van der Waals surface area (Å²) in [5.41, 5.74) is 11.3. The van der Waals surface area contributed by atoms with Gasteiger partial charge < -0.3 is 0 Å². The quantitative estimate of drug-likeness (QED) is 0.162. The number of benzene rings is 8. The highest BCUT2D eigenvalue weighted by Crippen LogP contribution is 2.45. The summed E-state index contributed by atoms with van der Waals surface area (Å²) in [6.07, 6.45) is 2.29. The van der Waals surface area contributed by atoms with Crippen LogP contribution in [0, 0.1) is 6.92 Å². The Kier molecular flexibility index (Phi) is 7.49. The van der Waals surface area contributed by atoms with Gasteiger partial charge in [-0.2, -0.15) is 0 Å². The summed E-state index contributed by atoms with van der Waals surface area (Å²) < 4.78 is 1.30. The van der Waals surface area contributed by atoms with Crippen LogP contribution in [-0.2, 0) is 0 Å². The summed E-state index contributed by atoms with van der Waals surface area (Å²) in [5, 5.41) is 8.60. The van der Waals surface area contributed by atoms with Crippen molar-refractivity contribution in [3.05, 3.63) is 191 Å². The molecule has 9 aromatic rings. The molecular formula is C49H34S. The molecule has 236 valence electrons.